The number of β-amino-alcohol motifs (C(OH)–C–C–N with tert-alkyl or cyclic N) is 1. The summed E-state index contributed by atoms with van der Waals surface area (Å²) >= 11 is 1.58. The molecule has 0 bridgehead atoms. The maximum atomic E-state index is 12.7. The number of rotatable bonds is 6. The molecule has 7 heteroatoms. The third-order valence-electron chi connectivity index (χ3n) is 4.96. The molecule has 1 aromatic carbocycles. The van der Waals surface area contributed by atoms with Crippen molar-refractivity contribution in [1.82, 2.24) is 15.2 Å². The molecule has 144 valence electrons. The van der Waals surface area contributed by atoms with Gasteiger partial charge < -0.3 is 15.3 Å². The van der Waals surface area contributed by atoms with E-state index in [0.717, 1.165) is 21.7 Å². The van der Waals surface area contributed by atoms with Gasteiger partial charge in [0, 0.05) is 27.1 Å². The molecule has 0 radical (unpaired) electrons. The Morgan fingerprint density at radius 3 is 2.56 bits per heavy atom. The van der Waals surface area contributed by atoms with Gasteiger partial charge in [-0.2, -0.15) is 0 Å². The Hall–Kier alpha value is -2.09. The fraction of sp³-hybridized carbons (Fsp3) is 0.450. The smallest absolute Gasteiger partial charge is 0.230 e. The number of benzene rings is 1. The molecule has 1 amide bonds. The first-order valence-corrected chi connectivity index (χ1v) is 9.90. The van der Waals surface area contributed by atoms with Gasteiger partial charge in [-0.05, 0) is 24.5 Å². The minimum atomic E-state index is -0.524. The lowest BCUT2D eigenvalue weighted by atomic mass is 9.89. The Labute approximate surface area is 163 Å². The van der Waals surface area contributed by atoms with Gasteiger partial charge in [0.15, 0.2) is 5.78 Å². The number of aliphatic hydroxyl groups excluding tert-OH is 1. The van der Waals surface area contributed by atoms with E-state index in [1.54, 1.807) is 25.4 Å². The molecular weight excluding hydrogens is 362 g/mol. The molecule has 2 N–H and O–H groups in total. The highest BCUT2D eigenvalue weighted by atomic mass is 32.1. The second kappa shape index (κ2) is 8.29. The Balaban J connectivity index is 1.81. The number of ketones is 1. The molecular formula is C20H25N3O3S. The number of hydrogen-bond acceptors (Lipinski definition) is 6. The third-order valence-corrected chi connectivity index (χ3v) is 5.94. The fourth-order valence-corrected chi connectivity index (χ4v) is 4.22. The van der Waals surface area contributed by atoms with E-state index in [1.165, 1.54) is 4.90 Å². The van der Waals surface area contributed by atoms with Crippen molar-refractivity contribution in [2.24, 2.45) is 0 Å². The highest BCUT2D eigenvalue weighted by molar-refractivity contribution is 7.13. The second-order valence-corrected chi connectivity index (χ2v) is 8.05. The van der Waals surface area contributed by atoms with Crippen molar-refractivity contribution in [1.29, 1.82) is 0 Å². The number of aryl methyl sites for hydroxylation is 1. The molecule has 1 saturated heterocycles. The number of aliphatic hydroxyl groups is 1. The normalized spacial score (nSPS) is 20.4. The Bertz CT molecular complexity index is 816. The van der Waals surface area contributed by atoms with Crippen molar-refractivity contribution in [3.05, 3.63) is 41.0 Å². The highest BCUT2D eigenvalue weighted by Crippen LogP contribution is 2.30. The molecule has 0 aliphatic carbocycles. The van der Waals surface area contributed by atoms with E-state index < -0.39 is 12.0 Å². The van der Waals surface area contributed by atoms with E-state index in [-0.39, 0.29) is 24.2 Å². The summed E-state index contributed by atoms with van der Waals surface area (Å²) in [5.41, 5.74) is 4.68. The molecule has 0 spiro atoms. The first-order chi connectivity index (χ1) is 12.9. The van der Waals surface area contributed by atoms with Crippen molar-refractivity contribution in [2.45, 2.75) is 37.8 Å². The van der Waals surface area contributed by atoms with Gasteiger partial charge >= 0.3 is 0 Å². The lowest BCUT2D eigenvalue weighted by molar-refractivity contribution is -0.133. The molecule has 3 rings (SSSR count). The summed E-state index contributed by atoms with van der Waals surface area (Å²) < 4.78 is 0. The molecule has 0 saturated carbocycles. The van der Waals surface area contributed by atoms with Crippen LogP contribution in [0.5, 0.6) is 0 Å². The lowest BCUT2D eigenvalue weighted by Crippen LogP contribution is -2.35. The van der Waals surface area contributed by atoms with E-state index in [0.29, 0.717) is 13.0 Å². The summed E-state index contributed by atoms with van der Waals surface area (Å²) in [5.74, 6) is -0.651. The first-order valence-electron chi connectivity index (χ1n) is 9.02. The summed E-state index contributed by atoms with van der Waals surface area (Å²) in [5, 5.41) is 12.7. The molecule has 2 heterocycles. The number of aromatic nitrogens is 1. The average molecular weight is 388 g/mol. The van der Waals surface area contributed by atoms with E-state index in [4.69, 9.17) is 0 Å². The van der Waals surface area contributed by atoms with Crippen molar-refractivity contribution in [3.8, 4) is 10.4 Å². The van der Waals surface area contributed by atoms with Crippen LogP contribution in [0.3, 0.4) is 0 Å². The van der Waals surface area contributed by atoms with Crippen molar-refractivity contribution >= 4 is 23.0 Å². The van der Waals surface area contributed by atoms with Crippen LogP contribution in [0.25, 0.3) is 10.4 Å². The molecule has 1 aliphatic rings. The number of amides is 1. The number of carbonyl (C=O) groups is 2. The summed E-state index contributed by atoms with van der Waals surface area (Å²) in [7, 11) is 3.40. The van der Waals surface area contributed by atoms with Crippen molar-refractivity contribution in [2.75, 3.05) is 20.6 Å². The first kappa shape index (κ1) is 19.7. The van der Waals surface area contributed by atoms with Gasteiger partial charge in [0.1, 0.15) is 0 Å². The number of nitrogens with one attached hydrogen (secondary N) is 1. The summed E-state index contributed by atoms with van der Waals surface area (Å²) in [6.45, 7) is 2.39. The zero-order chi connectivity index (χ0) is 19.6. The van der Waals surface area contributed by atoms with E-state index in [9.17, 15) is 14.7 Å². The van der Waals surface area contributed by atoms with E-state index in [2.05, 4.69) is 10.3 Å². The van der Waals surface area contributed by atoms with Crippen molar-refractivity contribution < 1.29 is 14.7 Å². The number of carbonyl (C=O) groups excluding carboxylic acids is 2. The topological polar surface area (TPSA) is 82.5 Å². The van der Waals surface area contributed by atoms with Crippen LogP contribution in [0.2, 0.25) is 0 Å². The molecule has 1 aliphatic heterocycles. The number of hydrogen-bond donors (Lipinski definition) is 2. The van der Waals surface area contributed by atoms with E-state index in [1.807, 2.05) is 36.7 Å². The van der Waals surface area contributed by atoms with Crippen LogP contribution in [0.1, 0.15) is 30.0 Å². The maximum Gasteiger partial charge on any atom is 0.230 e. The number of Topliss-reactive ketones (excluding diaryl/α,β-unsaturated/α-hetero) is 1. The number of thiazole rings is 1. The third kappa shape index (κ3) is 4.43. The van der Waals surface area contributed by atoms with E-state index >= 15 is 0 Å². The van der Waals surface area contributed by atoms with Gasteiger partial charge in [-0.3, -0.25) is 9.59 Å². The Kier molecular flexibility index (Phi) is 6.04. The van der Waals surface area contributed by atoms with Gasteiger partial charge in [-0.25, -0.2) is 4.98 Å². The van der Waals surface area contributed by atoms with Gasteiger partial charge in [0.05, 0.1) is 34.1 Å². The Morgan fingerprint density at radius 1 is 1.33 bits per heavy atom. The molecule has 6 nitrogen and oxygen atoms in total. The van der Waals surface area contributed by atoms with Gasteiger partial charge in [0.25, 0.3) is 0 Å². The summed E-state index contributed by atoms with van der Waals surface area (Å²) in [6.07, 6.45) is 0.0370. The quantitative estimate of drug-likeness (QED) is 0.792. The number of likely N-dealkylation sites (N-methyl/N-ethyl adjacent to an activating group) is 1. The standard InChI is InChI=1S/C20H25N3O3S/c1-12-19(27-11-22-12)14-6-4-13(5-7-14)16(20(26)23(2)3)9-18(25)17-8-15(24)10-21-17/h4-7,11,15-17,21,24H,8-10H2,1-3H3/t15-,16?,17+/m1/s1. The van der Waals surface area contributed by atoms with Gasteiger partial charge in [0.2, 0.25) is 5.91 Å². The van der Waals surface area contributed by atoms with Crippen LogP contribution in [-0.4, -0.2) is 59.5 Å². The molecule has 3 atom stereocenters. The molecule has 1 unspecified atom stereocenters. The lowest BCUT2D eigenvalue weighted by Gasteiger charge is -2.22. The molecule has 1 fully saturated rings. The minimum Gasteiger partial charge on any atom is -0.392 e. The molecule has 1 aromatic heterocycles. The summed E-state index contributed by atoms with van der Waals surface area (Å²) in [4.78, 5) is 32.3. The zero-order valence-electron chi connectivity index (χ0n) is 15.8. The van der Waals surface area contributed by atoms with Crippen LogP contribution < -0.4 is 5.32 Å². The van der Waals surface area contributed by atoms with Crippen LogP contribution >= 0.6 is 11.3 Å². The van der Waals surface area contributed by atoms with Gasteiger partial charge in [-0.15, -0.1) is 11.3 Å². The maximum absolute atomic E-state index is 12.7. The van der Waals surface area contributed by atoms with Crippen LogP contribution in [-0.2, 0) is 9.59 Å². The predicted octanol–water partition coefficient (Wildman–Crippen LogP) is 1.97. The largest absolute Gasteiger partial charge is 0.392 e. The monoisotopic (exact) mass is 387 g/mol. The van der Waals surface area contributed by atoms with Crippen LogP contribution in [0.15, 0.2) is 29.8 Å². The highest BCUT2D eigenvalue weighted by Gasteiger charge is 2.32. The zero-order valence-corrected chi connectivity index (χ0v) is 16.6. The SMILES string of the molecule is Cc1ncsc1-c1ccc(C(CC(=O)[C@@H]2C[C@@H](O)CN2)C(=O)N(C)C)cc1. The minimum absolute atomic E-state index is 0.0332. The molecule has 27 heavy (non-hydrogen) atoms. The number of nitrogens with zero attached hydrogens (tertiary/aromatic N) is 2. The van der Waals surface area contributed by atoms with Crippen molar-refractivity contribution in [3.63, 3.8) is 0 Å². The fourth-order valence-electron chi connectivity index (χ4n) is 3.41. The summed E-state index contributed by atoms with van der Waals surface area (Å²) in [6, 6.07) is 7.42. The van der Waals surface area contributed by atoms with Crippen LogP contribution in [0, 0.1) is 6.92 Å². The average Bonchev–Trinajstić information content (AvgIpc) is 3.27. The Morgan fingerprint density at radius 2 is 2.04 bits per heavy atom. The second-order valence-electron chi connectivity index (χ2n) is 7.19. The van der Waals surface area contributed by atoms with Gasteiger partial charge in [-0.1, -0.05) is 24.3 Å². The van der Waals surface area contributed by atoms with Crippen LogP contribution in [0.4, 0.5) is 0 Å². The molecule has 2 aromatic rings. The predicted molar refractivity (Wildman–Crippen MR) is 106 cm³/mol.